The van der Waals surface area contributed by atoms with Crippen molar-refractivity contribution in [3.8, 4) is 0 Å². The molecule has 0 aliphatic rings. The Labute approximate surface area is 109 Å². The van der Waals surface area contributed by atoms with Crippen LogP contribution in [0.15, 0.2) is 47.2 Å². The first-order valence-electron chi connectivity index (χ1n) is 5.34. The van der Waals surface area contributed by atoms with Crippen LogP contribution in [0.5, 0.6) is 0 Å². The number of nitrogens with zero attached hydrogens (tertiary/aromatic N) is 1. The van der Waals surface area contributed by atoms with Crippen molar-refractivity contribution in [2.75, 3.05) is 0 Å². The molecule has 0 bridgehead atoms. The Morgan fingerprint density at radius 2 is 2.12 bits per heavy atom. The molecule has 0 saturated carbocycles. The minimum atomic E-state index is -0.0319. The monoisotopic (exact) mass is 291 g/mol. The molecule has 0 radical (unpaired) electrons. The van der Waals surface area contributed by atoms with E-state index in [0.29, 0.717) is 0 Å². The molecule has 0 saturated heterocycles. The van der Waals surface area contributed by atoms with E-state index in [1.165, 1.54) is 5.56 Å². The number of halogens is 1. The second-order valence-electron chi connectivity index (χ2n) is 3.89. The molecule has 1 aromatic heterocycles. The van der Waals surface area contributed by atoms with Gasteiger partial charge in [0.05, 0.1) is 6.04 Å². The maximum Gasteiger partial charge on any atom is 0.0725 e. The summed E-state index contributed by atoms with van der Waals surface area (Å²) < 4.78 is 1.10. The van der Waals surface area contributed by atoms with Gasteiger partial charge in [-0.25, -0.2) is 5.43 Å². The van der Waals surface area contributed by atoms with E-state index >= 15 is 0 Å². The molecule has 3 N–H and O–H groups in total. The number of hydrogen-bond donors (Lipinski definition) is 2. The molecular weight excluding hydrogens is 278 g/mol. The molecule has 3 nitrogen and oxygen atoms in total. The van der Waals surface area contributed by atoms with Gasteiger partial charge in [0.15, 0.2) is 0 Å². The van der Waals surface area contributed by atoms with E-state index in [1.807, 2.05) is 24.4 Å². The number of hydrogen-bond acceptors (Lipinski definition) is 3. The molecule has 1 heterocycles. The smallest absolute Gasteiger partial charge is 0.0725 e. The molecule has 2 rings (SSSR count). The van der Waals surface area contributed by atoms with Crippen LogP contribution in [0.25, 0.3) is 0 Å². The van der Waals surface area contributed by atoms with Crippen LogP contribution in [0.4, 0.5) is 0 Å². The minimum absolute atomic E-state index is 0.0319. The van der Waals surface area contributed by atoms with Crippen molar-refractivity contribution in [1.82, 2.24) is 10.4 Å². The third-order valence-corrected chi connectivity index (χ3v) is 3.59. The molecule has 2 aromatic rings. The lowest BCUT2D eigenvalue weighted by Gasteiger charge is -2.17. The van der Waals surface area contributed by atoms with Gasteiger partial charge in [-0.05, 0) is 35.7 Å². The van der Waals surface area contributed by atoms with E-state index in [2.05, 4.69) is 45.4 Å². The number of nitrogens with two attached hydrogens (primary N) is 1. The molecule has 0 aliphatic carbocycles. The predicted octanol–water partition coefficient (Wildman–Crippen LogP) is 2.71. The van der Waals surface area contributed by atoms with Crippen LogP contribution < -0.4 is 11.3 Å². The van der Waals surface area contributed by atoms with E-state index in [-0.39, 0.29) is 6.04 Å². The molecule has 1 aromatic carbocycles. The first-order valence-corrected chi connectivity index (χ1v) is 6.14. The van der Waals surface area contributed by atoms with Crippen LogP contribution in [0.1, 0.15) is 22.7 Å². The molecule has 17 heavy (non-hydrogen) atoms. The molecule has 88 valence electrons. The minimum Gasteiger partial charge on any atom is -0.271 e. The zero-order valence-corrected chi connectivity index (χ0v) is 11.1. The van der Waals surface area contributed by atoms with Crippen molar-refractivity contribution < 1.29 is 0 Å². The van der Waals surface area contributed by atoms with Gasteiger partial charge in [-0.2, -0.15) is 0 Å². The molecule has 0 fully saturated rings. The number of aromatic nitrogens is 1. The van der Waals surface area contributed by atoms with Crippen LogP contribution in [0.2, 0.25) is 0 Å². The molecule has 0 amide bonds. The fourth-order valence-electron chi connectivity index (χ4n) is 1.78. The molecule has 1 atom stereocenters. The highest BCUT2D eigenvalue weighted by Gasteiger charge is 2.12. The fourth-order valence-corrected chi connectivity index (χ4v) is 2.03. The van der Waals surface area contributed by atoms with Crippen LogP contribution in [0.3, 0.4) is 0 Å². The van der Waals surface area contributed by atoms with Gasteiger partial charge in [-0.3, -0.25) is 10.8 Å². The van der Waals surface area contributed by atoms with Crippen LogP contribution in [-0.2, 0) is 0 Å². The number of rotatable bonds is 3. The predicted molar refractivity (Wildman–Crippen MR) is 72.3 cm³/mol. The molecule has 0 aliphatic heterocycles. The molecular formula is C13H14BrN3. The fraction of sp³-hybridized carbons (Fsp3) is 0.154. The van der Waals surface area contributed by atoms with E-state index in [0.717, 1.165) is 15.6 Å². The third kappa shape index (κ3) is 2.72. The van der Waals surface area contributed by atoms with Gasteiger partial charge in [0, 0.05) is 16.9 Å². The number of benzene rings is 1. The van der Waals surface area contributed by atoms with Gasteiger partial charge < -0.3 is 0 Å². The number of nitrogens with one attached hydrogen (secondary N) is 1. The molecule has 1 unspecified atom stereocenters. The zero-order chi connectivity index (χ0) is 12.3. The largest absolute Gasteiger partial charge is 0.271 e. The second kappa shape index (κ2) is 5.40. The first kappa shape index (κ1) is 12.2. The third-order valence-electron chi connectivity index (χ3n) is 2.70. The SMILES string of the molecule is Cc1cc(C(NN)c2cccnc2)ccc1Br. The summed E-state index contributed by atoms with van der Waals surface area (Å²) in [5, 5.41) is 0. The van der Waals surface area contributed by atoms with E-state index in [9.17, 15) is 0 Å². The lowest BCUT2D eigenvalue weighted by molar-refractivity contribution is 0.634. The maximum atomic E-state index is 5.64. The molecule has 0 spiro atoms. The maximum absolute atomic E-state index is 5.64. The highest BCUT2D eigenvalue weighted by atomic mass is 79.9. The van der Waals surface area contributed by atoms with Crippen molar-refractivity contribution in [2.24, 2.45) is 5.84 Å². The topological polar surface area (TPSA) is 50.9 Å². The van der Waals surface area contributed by atoms with Gasteiger partial charge in [0.25, 0.3) is 0 Å². The van der Waals surface area contributed by atoms with Crippen LogP contribution >= 0.6 is 15.9 Å². The lowest BCUT2D eigenvalue weighted by Crippen LogP contribution is -2.28. The summed E-state index contributed by atoms with van der Waals surface area (Å²) >= 11 is 3.49. The summed E-state index contributed by atoms with van der Waals surface area (Å²) in [5.74, 6) is 5.64. The second-order valence-corrected chi connectivity index (χ2v) is 4.75. The summed E-state index contributed by atoms with van der Waals surface area (Å²) in [7, 11) is 0. The van der Waals surface area contributed by atoms with Crippen molar-refractivity contribution >= 4 is 15.9 Å². The van der Waals surface area contributed by atoms with E-state index < -0.39 is 0 Å². The summed E-state index contributed by atoms with van der Waals surface area (Å²) in [6.45, 7) is 2.06. The summed E-state index contributed by atoms with van der Waals surface area (Å²) in [6.07, 6.45) is 3.58. The lowest BCUT2D eigenvalue weighted by atomic mass is 9.99. The average molecular weight is 292 g/mol. The van der Waals surface area contributed by atoms with E-state index in [4.69, 9.17) is 5.84 Å². The van der Waals surface area contributed by atoms with Gasteiger partial charge in [0.1, 0.15) is 0 Å². The van der Waals surface area contributed by atoms with Crippen molar-refractivity contribution in [3.05, 3.63) is 63.9 Å². The van der Waals surface area contributed by atoms with Gasteiger partial charge >= 0.3 is 0 Å². The summed E-state index contributed by atoms with van der Waals surface area (Å²) in [6, 6.07) is 10.1. The van der Waals surface area contributed by atoms with Crippen LogP contribution in [0, 0.1) is 6.92 Å². The number of pyridine rings is 1. The van der Waals surface area contributed by atoms with Crippen molar-refractivity contribution in [3.63, 3.8) is 0 Å². The summed E-state index contributed by atoms with van der Waals surface area (Å²) in [4.78, 5) is 4.11. The van der Waals surface area contributed by atoms with Gasteiger partial charge in [-0.15, -0.1) is 0 Å². The first-order chi connectivity index (χ1) is 8.22. The van der Waals surface area contributed by atoms with Crippen molar-refractivity contribution in [1.29, 1.82) is 0 Å². The molecule has 4 heteroatoms. The average Bonchev–Trinajstić information content (AvgIpc) is 2.36. The normalized spacial score (nSPS) is 12.4. The van der Waals surface area contributed by atoms with E-state index in [1.54, 1.807) is 6.20 Å². The Bertz CT molecular complexity index is 499. The van der Waals surface area contributed by atoms with Gasteiger partial charge in [0.2, 0.25) is 0 Å². The standard InChI is InChI=1S/C13H14BrN3/c1-9-7-10(4-5-12(9)14)13(17-15)11-3-2-6-16-8-11/h2-8,13,17H,15H2,1H3. The summed E-state index contributed by atoms with van der Waals surface area (Å²) in [5.41, 5.74) is 6.19. The Morgan fingerprint density at radius 3 is 2.71 bits per heavy atom. The highest BCUT2D eigenvalue weighted by Crippen LogP contribution is 2.24. The Kier molecular flexibility index (Phi) is 3.89. The van der Waals surface area contributed by atoms with Crippen molar-refractivity contribution in [2.45, 2.75) is 13.0 Å². The Hall–Kier alpha value is -1.23. The van der Waals surface area contributed by atoms with Crippen LogP contribution in [-0.4, -0.2) is 4.98 Å². The number of aryl methyl sites for hydroxylation is 1. The number of hydrazine groups is 1. The quantitative estimate of drug-likeness (QED) is 0.675. The Morgan fingerprint density at radius 1 is 1.29 bits per heavy atom. The highest BCUT2D eigenvalue weighted by molar-refractivity contribution is 9.10. The Balaban J connectivity index is 2.39. The zero-order valence-electron chi connectivity index (χ0n) is 9.52. The van der Waals surface area contributed by atoms with Gasteiger partial charge in [-0.1, -0.05) is 34.1 Å².